The number of rotatable bonds is 1. The summed E-state index contributed by atoms with van der Waals surface area (Å²) in [4.78, 5) is 18.3. The minimum absolute atomic E-state index is 0.0556. The Labute approximate surface area is 30.6 Å². The minimum Gasteiger partial charge on any atom is -0.305 e. The van der Waals surface area contributed by atoms with Gasteiger partial charge >= 0.3 is 0 Å². The van der Waals surface area contributed by atoms with Crippen LogP contribution in [-0.4, -0.2) is 19.8 Å². The second kappa shape index (κ2) is 1.70. The van der Waals surface area contributed by atoms with Crippen LogP contribution in [0.5, 0.6) is 0 Å². The molecular weight excluding hydrogens is 66.8 g/mol. The first kappa shape index (κ1) is 4.40. The van der Waals surface area contributed by atoms with Crippen molar-refractivity contribution < 1.29 is 9.59 Å². The molecule has 0 fully saturated rings. The average Bonchev–Trinajstić information content (AvgIpc) is 1.38. The van der Waals surface area contributed by atoms with Gasteiger partial charge in [-0.25, -0.2) is 0 Å². The highest BCUT2D eigenvalue weighted by Gasteiger charge is 1.76. The molecule has 0 saturated heterocycles. The first-order chi connectivity index (χ1) is 2.27. The number of hydrogen-bond donors (Lipinski definition) is 0. The van der Waals surface area contributed by atoms with Crippen LogP contribution >= 0.6 is 0 Å². The normalized spacial score (nSPS) is 6.40. The van der Waals surface area contributed by atoms with Gasteiger partial charge in [0.2, 0.25) is 0 Å². The lowest BCUT2D eigenvalue weighted by atomic mass is 10.1. The van der Waals surface area contributed by atoms with Crippen LogP contribution in [0.25, 0.3) is 0 Å². The summed E-state index contributed by atoms with van der Waals surface area (Å²) in [7, 11) is 4.28. The second-order valence-corrected chi connectivity index (χ2v) is 0.520. The van der Waals surface area contributed by atoms with E-state index in [0.717, 1.165) is 0 Å². The molecule has 0 N–H and O–H groups in total. The van der Waals surface area contributed by atoms with Gasteiger partial charge in [-0.3, -0.25) is 4.79 Å². The van der Waals surface area contributed by atoms with Crippen LogP contribution in [-0.2, 0) is 9.59 Å². The standard InChI is InChI=1S/C2HBO2/c3-2(5)1-4/h1H. The molecule has 0 unspecified atom stereocenters. The molecule has 3 heteroatoms. The van der Waals surface area contributed by atoms with Crippen molar-refractivity contribution in [1.29, 1.82) is 0 Å². The fourth-order valence-corrected chi connectivity index (χ4v) is 0. The van der Waals surface area contributed by atoms with Gasteiger partial charge in [0.25, 0.3) is 0 Å². The van der Waals surface area contributed by atoms with Gasteiger partial charge in [0, 0.05) is 0 Å². The van der Waals surface area contributed by atoms with Crippen molar-refractivity contribution in [1.82, 2.24) is 0 Å². The molecule has 2 radical (unpaired) electrons. The van der Waals surface area contributed by atoms with Crippen molar-refractivity contribution in [2.24, 2.45) is 0 Å². The van der Waals surface area contributed by atoms with Crippen molar-refractivity contribution in [3.05, 3.63) is 0 Å². The van der Waals surface area contributed by atoms with E-state index in [1.807, 2.05) is 0 Å². The largest absolute Gasteiger partial charge is 0.305 e. The molecule has 0 spiro atoms. The third kappa shape index (κ3) is 3.40. The Morgan fingerprint density at radius 2 is 2.00 bits per heavy atom. The van der Waals surface area contributed by atoms with Crippen molar-refractivity contribution >= 4 is 19.8 Å². The van der Waals surface area contributed by atoms with Gasteiger partial charge in [-0.15, -0.1) is 0 Å². The lowest BCUT2D eigenvalue weighted by molar-refractivity contribution is -0.124. The Morgan fingerprint density at radius 1 is 1.80 bits per heavy atom. The molecule has 0 aliphatic rings. The molecule has 0 aliphatic carbocycles. The molecule has 0 aromatic carbocycles. The summed E-state index contributed by atoms with van der Waals surface area (Å²) >= 11 is 0. The zero-order valence-corrected chi connectivity index (χ0v) is 2.47. The molecule has 5 heavy (non-hydrogen) atoms. The van der Waals surface area contributed by atoms with Crippen LogP contribution in [0.1, 0.15) is 0 Å². The van der Waals surface area contributed by atoms with E-state index in [4.69, 9.17) is 4.79 Å². The lowest BCUT2D eigenvalue weighted by Crippen LogP contribution is -1.93. The van der Waals surface area contributed by atoms with Gasteiger partial charge in [0.05, 0.1) is 0 Å². The fraction of sp³-hybridized carbons (Fsp3) is 0. The van der Waals surface area contributed by atoms with E-state index < -0.39 is 5.68 Å². The van der Waals surface area contributed by atoms with Crippen molar-refractivity contribution in [2.75, 3.05) is 0 Å². The van der Waals surface area contributed by atoms with Crippen LogP contribution in [0, 0.1) is 0 Å². The van der Waals surface area contributed by atoms with Gasteiger partial charge in [-0.2, -0.15) is 0 Å². The molecule has 0 aliphatic heterocycles. The molecule has 0 saturated carbocycles. The van der Waals surface area contributed by atoms with E-state index in [0.29, 0.717) is 0 Å². The Morgan fingerprint density at radius 3 is 2.00 bits per heavy atom. The predicted molar refractivity (Wildman–Crippen MR) is 16.8 cm³/mol. The van der Waals surface area contributed by atoms with Crippen LogP contribution < -0.4 is 0 Å². The first-order valence-corrected chi connectivity index (χ1v) is 1.02. The van der Waals surface area contributed by atoms with Gasteiger partial charge in [0.1, 0.15) is 5.68 Å². The predicted octanol–water partition coefficient (Wildman–Crippen LogP) is -1.12. The van der Waals surface area contributed by atoms with E-state index >= 15 is 0 Å². The van der Waals surface area contributed by atoms with Crippen molar-refractivity contribution in [3.8, 4) is 0 Å². The first-order valence-electron chi connectivity index (χ1n) is 1.02. The van der Waals surface area contributed by atoms with Gasteiger partial charge in [0.15, 0.2) is 14.1 Å². The third-order valence-corrected chi connectivity index (χ3v) is 0.116. The van der Waals surface area contributed by atoms with E-state index in [-0.39, 0.29) is 6.29 Å². The summed E-state index contributed by atoms with van der Waals surface area (Å²) < 4.78 is 0. The van der Waals surface area contributed by atoms with Gasteiger partial charge < -0.3 is 4.79 Å². The SMILES string of the molecule is [B]C(=O)C=O. The van der Waals surface area contributed by atoms with Gasteiger partial charge in [-0.1, -0.05) is 0 Å². The molecule has 0 aromatic rings. The lowest BCUT2D eigenvalue weighted by Gasteiger charge is -1.57. The maximum absolute atomic E-state index is 9.22. The zero-order chi connectivity index (χ0) is 4.28. The number of carbonyl (C=O) groups excluding carboxylic acids is 2. The quantitative estimate of drug-likeness (QED) is 0.221. The van der Waals surface area contributed by atoms with Crippen molar-refractivity contribution in [3.63, 3.8) is 0 Å². The summed E-state index contributed by atoms with van der Waals surface area (Å²) in [5.74, 6) is 0. The summed E-state index contributed by atoms with van der Waals surface area (Å²) in [5, 5.41) is 0. The van der Waals surface area contributed by atoms with E-state index in [1.165, 1.54) is 0 Å². The molecule has 0 heterocycles. The van der Waals surface area contributed by atoms with Gasteiger partial charge in [-0.05, 0) is 0 Å². The molecule has 0 aromatic heterocycles. The highest BCUT2D eigenvalue weighted by atomic mass is 16.2. The topological polar surface area (TPSA) is 34.1 Å². The van der Waals surface area contributed by atoms with Crippen molar-refractivity contribution in [2.45, 2.75) is 0 Å². The summed E-state index contributed by atoms with van der Waals surface area (Å²) in [5.41, 5.74) is -0.926. The zero-order valence-electron chi connectivity index (χ0n) is 2.47. The Kier molecular flexibility index (Phi) is 1.50. The second-order valence-electron chi connectivity index (χ2n) is 0.520. The Balaban J connectivity index is 3.20. The number of hydrogen-bond acceptors (Lipinski definition) is 2. The summed E-state index contributed by atoms with van der Waals surface area (Å²) in [6.45, 7) is 0. The molecule has 0 amide bonds. The summed E-state index contributed by atoms with van der Waals surface area (Å²) in [6.07, 6.45) is 0.0556. The van der Waals surface area contributed by atoms with E-state index in [9.17, 15) is 4.79 Å². The molecule has 0 bridgehead atoms. The highest BCUT2D eigenvalue weighted by Crippen LogP contribution is 1.38. The molecule has 0 atom stereocenters. The molecular formula is C2HBO2. The number of aldehydes is 1. The fourth-order valence-electron chi connectivity index (χ4n) is 0. The maximum atomic E-state index is 9.22. The Hall–Kier alpha value is -0.595. The molecule has 0 rings (SSSR count). The maximum Gasteiger partial charge on any atom is 0.179 e. The third-order valence-electron chi connectivity index (χ3n) is 0.116. The van der Waals surface area contributed by atoms with E-state index in [2.05, 4.69) is 7.85 Å². The smallest absolute Gasteiger partial charge is 0.179 e. The van der Waals surface area contributed by atoms with Crippen LogP contribution in [0.2, 0.25) is 0 Å². The van der Waals surface area contributed by atoms with E-state index in [1.54, 1.807) is 0 Å². The minimum atomic E-state index is -0.926. The molecule has 24 valence electrons. The average molecular weight is 67.8 g/mol. The molecule has 2 nitrogen and oxygen atoms in total. The van der Waals surface area contributed by atoms with Crippen LogP contribution in [0.3, 0.4) is 0 Å². The van der Waals surface area contributed by atoms with Crippen LogP contribution in [0.4, 0.5) is 0 Å². The Bertz CT molecular complexity index is 58.7. The monoisotopic (exact) mass is 68.0 g/mol. The highest BCUT2D eigenvalue weighted by molar-refractivity contribution is 6.72. The van der Waals surface area contributed by atoms with Crippen LogP contribution in [0.15, 0.2) is 0 Å². The number of carbonyl (C=O) groups is 2. The summed E-state index contributed by atoms with van der Waals surface area (Å²) in [6, 6.07) is 0.